The second-order valence-corrected chi connectivity index (χ2v) is 11.6. The Morgan fingerprint density at radius 3 is 2.85 bits per heavy atom. The van der Waals surface area contributed by atoms with Gasteiger partial charge in [0.05, 0.1) is 30.0 Å². The molecule has 1 amide bonds. The summed E-state index contributed by atoms with van der Waals surface area (Å²) in [5.74, 6) is 0.895. The van der Waals surface area contributed by atoms with Crippen LogP contribution in [0.1, 0.15) is 27.2 Å². The van der Waals surface area contributed by atoms with E-state index in [1.54, 1.807) is 55.1 Å². The van der Waals surface area contributed by atoms with Crippen molar-refractivity contribution >= 4 is 43.8 Å². The van der Waals surface area contributed by atoms with Gasteiger partial charge in [-0.15, -0.1) is 22.7 Å². The van der Waals surface area contributed by atoms with Crippen molar-refractivity contribution < 1.29 is 14.3 Å². The number of hydrogen-bond donors (Lipinski definition) is 1. The Morgan fingerprint density at radius 1 is 1.10 bits per heavy atom. The lowest BCUT2D eigenvalue weighted by Crippen LogP contribution is -2.31. The van der Waals surface area contributed by atoms with Crippen LogP contribution in [0.5, 0.6) is 11.5 Å². The summed E-state index contributed by atoms with van der Waals surface area (Å²) in [5.41, 5.74) is 5.09. The first-order valence-corrected chi connectivity index (χ1v) is 14.5. The Balaban J connectivity index is 1.36. The summed E-state index contributed by atoms with van der Waals surface area (Å²) < 4.78 is 12.0. The van der Waals surface area contributed by atoms with E-state index in [0.29, 0.717) is 17.1 Å². The molecule has 1 N–H and O–H groups in total. The number of hydrogen-bond acceptors (Lipinski definition) is 7. The van der Waals surface area contributed by atoms with Gasteiger partial charge in [-0.05, 0) is 48.2 Å². The molecule has 0 bridgehead atoms. The molecule has 0 saturated heterocycles. The molecular weight excluding hydrogens is 526 g/mol. The fourth-order valence-corrected chi connectivity index (χ4v) is 7.42. The smallest absolute Gasteiger partial charge is 0.260 e. The highest BCUT2D eigenvalue weighted by Crippen LogP contribution is 2.46. The minimum atomic E-state index is -0.215. The third-order valence-corrected chi connectivity index (χ3v) is 9.17. The van der Waals surface area contributed by atoms with Crippen LogP contribution in [0.4, 0.5) is 5.00 Å². The number of anilines is 1. The molecule has 2 aromatic heterocycles. The molecule has 4 aromatic rings. The highest BCUT2D eigenvalue weighted by Gasteiger charge is 2.28. The lowest BCUT2D eigenvalue weighted by molar-refractivity contribution is 0.102. The Hall–Kier alpha value is -3.72. The van der Waals surface area contributed by atoms with Crippen LogP contribution in [0, 0.1) is 0 Å². The second kappa shape index (κ2) is 11.2. The van der Waals surface area contributed by atoms with Crippen LogP contribution in [0.3, 0.4) is 0 Å². The summed E-state index contributed by atoms with van der Waals surface area (Å²) in [5, 5.41) is 5.00. The van der Waals surface area contributed by atoms with Gasteiger partial charge in [-0.2, -0.15) is 0 Å². The summed E-state index contributed by atoms with van der Waals surface area (Å²) in [6, 6.07) is 13.4. The van der Waals surface area contributed by atoms with Crippen molar-refractivity contribution in [3.8, 4) is 22.1 Å². The number of aromatic nitrogens is 1. The summed E-state index contributed by atoms with van der Waals surface area (Å²) in [6.45, 7) is 2.70. The molecule has 0 atom stereocenters. The quantitative estimate of drug-likeness (QED) is 0.264. The number of thiazole rings is 1. The Morgan fingerprint density at radius 2 is 2.00 bits per heavy atom. The zero-order chi connectivity index (χ0) is 26.8. The number of rotatable bonds is 7. The second-order valence-electron chi connectivity index (χ2n) is 9.48. The molecule has 6 nitrogen and oxygen atoms in total. The van der Waals surface area contributed by atoms with E-state index in [9.17, 15) is 4.79 Å². The first-order chi connectivity index (χ1) is 19.1. The van der Waals surface area contributed by atoms with Crippen molar-refractivity contribution in [3.05, 3.63) is 94.4 Å². The zero-order valence-electron chi connectivity index (χ0n) is 21.9. The maximum atomic E-state index is 13.5. The molecule has 0 unspecified atom stereocenters. The van der Waals surface area contributed by atoms with E-state index in [0.717, 1.165) is 58.3 Å². The van der Waals surface area contributed by atoms with Crippen LogP contribution in [0.2, 0.25) is 0 Å². The van der Waals surface area contributed by atoms with Gasteiger partial charge in [0.1, 0.15) is 21.5 Å². The zero-order valence-corrected chi connectivity index (χ0v) is 23.5. The number of carbonyl (C=O) groups is 1. The molecule has 0 spiro atoms. The number of ether oxygens (including phenoxy) is 2. The van der Waals surface area contributed by atoms with Gasteiger partial charge in [0, 0.05) is 36.1 Å². The van der Waals surface area contributed by atoms with Gasteiger partial charge >= 0.3 is 0 Å². The average Bonchev–Trinajstić information content (AvgIpc) is 3.43. The molecular formula is C31H29N3O3S2. The van der Waals surface area contributed by atoms with E-state index in [1.807, 2.05) is 18.2 Å². The number of benzene rings is 2. The van der Waals surface area contributed by atoms with Gasteiger partial charge in [-0.25, -0.2) is 4.98 Å². The SMILES string of the molecule is COc1ccc(C(=O)Nc2sc3c(c2-c2nc4ccccc4s2)CCN(CC2=CC=CCC=C2)C3)c(OC)c1. The van der Waals surface area contributed by atoms with Gasteiger partial charge < -0.3 is 14.8 Å². The van der Waals surface area contributed by atoms with Crippen molar-refractivity contribution in [2.45, 2.75) is 19.4 Å². The van der Waals surface area contributed by atoms with Crippen LogP contribution in [0.15, 0.2) is 78.4 Å². The standard InChI is InChI=1S/C31H29N3O3S2/c1-36-21-13-14-22(25(17-21)37-2)29(35)33-31-28(30-32-24-11-7-8-12-26(24)38-30)23-15-16-34(19-27(23)39-31)18-20-9-5-3-4-6-10-20/h3,5-14,17H,4,15-16,18-19H2,1-2H3,(H,33,35). The highest BCUT2D eigenvalue weighted by molar-refractivity contribution is 7.23. The number of carbonyl (C=O) groups excluding carboxylic acids is 1. The molecule has 0 fully saturated rings. The number of methoxy groups -OCH3 is 2. The van der Waals surface area contributed by atoms with Gasteiger partial charge in [0.2, 0.25) is 0 Å². The molecule has 6 rings (SSSR count). The number of para-hydroxylation sites is 1. The minimum Gasteiger partial charge on any atom is -0.497 e. The molecule has 198 valence electrons. The molecule has 2 aliphatic rings. The third-order valence-electron chi connectivity index (χ3n) is 6.98. The van der Waals surface area contributed by atoms with Crippen molar-refractivity contribution in [1.29, 1.82) is 0 Å². The fraction of sp³-hybridized carbons (Fsp3) is 0.226. The topological polar surface area (TPSA) is 63.7 Å². The van der Waals surface area contributed by atoms with E-state index in [4.69, 9.17) is 14.5 Å². The van der Waals surface area contributed by atoms with Gasteiger partial charge in [0.25, 0.3) is 5.91 Å². The highest BCUT2D eigenvalue weighted by atomic mass is 32.1. The monoisotopic (exact) mass is 555 g/mol. The maximum Gasteiger partial charge on any atom is 0.260 e. The summed E-state index contributed by atoms with van der Waals surface area (Å²) in [7, 11) is 3.16. The van der Waals surface area contributed by atoms with Crippen LogP contribution in [-0.2, 0) is 13.0 Å². The van der Waals surface area contributed by atoms with Crippen molar-refractivity contribution in [2.75, 3.05) is 32.6 Å². The summed E-state index contributed by atoms with van der Waals surface area (Å²) >= 11 is 3.33. The summed E-state index contributed by atoms with van der Waals surface area (Å²) in [6.07, 6.45) is 12.8. The van der Waals surface area contributed by atoms with E-state index in [1.165, 1.54) is 16.0 Å². The predicted molar refractivity (Wildman–Crippen MR) is 160 cm³/mol. The largest absolute Gasteiger partial charge is 0.497 e. The van der Waals surface area contributed by atoms with Gasteiger partial charge in [0.15, 0.2) is 0 Å². The third kappa shape index (κ3) is 5.28. The molecule has 0 radical (unpaired) electrons. The molecule has 8 heteroatoms. The molecule has 3 heterocycles. The minimum absolute atomic E-state index is 0.215. The van der Waals surface area contributed by atoms with Crippen molar-refractivity contribution in [2.24, 2.45) is 0 Å². The van der Waals surface area contributed by atoms with Crippen molar-refractivity contribution in [1.82, 2.24) is 9.88 Å². The molecule has 0 saturated carbocycles. The fourth-order valence-electron chi connectivity index (χ4n) is 5.03. The molecule has 1 aliphatic carbocycles. The lowest BCUT2D eigenvalue weighted by atomic mass is 10.0. The molecule has 2 aromatic carbocycles. The Kier molecular flexibility index (Phi) is 7.32. The van der Waals surface area contributed by atoms with Crippen LogP contribution in [0.25, 0.3) is 20.8 Å². The number of nitrogens with one attached hydrogen (secondary N) is 1. The number of nitrogens with zero attached hydrogens (tertiary/aromatic N) is 2. The van der Waals surface area contributed by atoms with E-state index in [2.05, 4.69) is 46.7 Å². The number of thiophene rings is 1. The summed E-state index contributed by atoms with van der Waals surface area (Å²) in [4.78, 5) is 22.3. The number of allylic oxidation sites excluding steroid dienone is 4. The van der Waals surface area contributed by atoms with E-state index in [-0.39, 0.29) is 5.91 Å². The van der Waals surface area contributed by atoms with E-state index < -0.39 is 0 Å². The maximum absolute atomic E-state index is 13.5. The lowest BCUT2D eigenvalue weighted by Gasteiger charge is -2.27. The van der Waals surface area contributed by atoms with Crippen molar-refractivity contribution in [3.63, 3.8) is 0 Å². The van der Waals surface area contributed by atoms with E-state index >= 15 is 0 Å². The van der Waals surface area contributed by atoms with Gasteiger partial charge in [-0.1, -0.05) is 42.5 Å². The molecule has 1 aliphatic heterocycles. The van der Waals surface area contributed by atoms with Crippen LogP contribution >= 0.6 is 22.7 Å². The normalized spacial score (nSPS) is 15.1. The number of amides is 1. The Labute approximate surface area is 235 Å². The predicted octanol–water partition coefficient (Wildman–Crippen LogP) is 7.09. The molecule has 39 heavy (non-hydrogen) atoms. The van der Waals surface area contributed by atoms with Crippen LogP contribution in [-0.4, -0.2) is 43.1 Å². The number of fused-ring (bicyclic) bond motifs is 2. The first kappa shape index (κ1) is 25.6. The van der Waals surface area contributed by atoms with Crippen LogP contribution < -0.4 is 14.8 Å². The average molecular weight is 556 g/mol. The van der Waals surface area contributed by atoms with Gasteiger partial charge in [-0.3, -0.25) is 9.69 Å². The first-order valence-electron chi connectivity index (χ1n) is 12.9. The Bertz CT molecular complexity index is 1600.